The summed E-state index contributed by atoms with van der Waals surface area (Å²) in [5, 5.41) is 2.41. The Balaban J connectivity index is 1.24. The fourth-order valence-corrected chi connectivity index (χ4v) is 10.7. The standard InChI is InChI=1S/C47H32N4S/c1-52(2)43-23-22-35-26-39(43)40-27-42-38(28-44(40)52)37-16-6-7-17-41(37)51(42)47-49-45(31-20-18-30(19-21-31)29-10-4-3-5-11-29)48-46(50-47)36-15-9-14-34(25-36)32-12-8-13-33(35)24-32/h3-28H,1-2H3. The van der Waals surface area contributed by atoms with E-state index in [9.17, 15) is 0 Å². The van der Waals surface area contributed by atoms with E-state index in [0.29, 0.717) is 17.6 Å². The minimum atomic E-state index is -1.24. The first-order valence-electron chi connectivity index (χ1n) is 17.6. The van der Waals surface area contributed by atoms with Crippen LogP contribution in [0.1, 0.15) is 0 Å². The lowest BCUT2D eigenvalue weighted by Crippen LogP contribution is -2.06. The van der Waals surface area contributed by atoms with Crippen LogP contribution in [0.2, 0.25) is 0 Å². The van der Waals surface area contributed by atoms with E-state index < -0.39 is 10.0 Å². The van der Waals surface area contributed by atoms with Crippen molar-refractivity contribution in [2.24, 2.45) is 0 Å². The first kappa shape index (κ1) is 29.4. The van der Waals surface area contributed by atoms with Crippen molar-refractivity contribution >= 4 is 31.8 Å². The maximum absolute atomic E-state index is 5.29. The third kappa shape index (κ3) is 4.33. The molecule has 2 aliphatic rings. The van der Waals surface area contributed by atoms with E-state index in [1.54, 1.807) is 0 Å². The van der Waals surface area contributed by atoms with Crippen LogP contribution in [0.4, 0.5) is 0 Å². The zero-order chi connectivity index (χ0) is 34.6. The van der Waals surface area contributed by atoms with Crippen LogP contribution in [0, 0.1) is 0 Å². The smallest absolute Gasteiger partial charge is 0.238 e. The van der Waals surface area contributed by atoms with Gasteiger partial charge in [0.1, 0.15) is 0 Å². The molecule has 5 heteroatoms. The van der Waals surface area contributed by atoms with Crippen LogP contribution in [0.3, 0.4) is 0 Å². The molecule has 0 radical (unpaired) electrons. The Bertz CT molecular complexity index is 2920. The summed E-state index contributed by atoms with van der Waals surface area (Å²) >= 11 is 0. The maximum Gasteiger partial charge on any atom is 0.238 e. The summed E-state index contributed by atoms with van der Waals surface area (Å²) in [6, 6.07) is 57.1. The second-order valence-corrected chi connectivity index (χ2v) is 17.7. The van der Waals surface area contributed by atoms with E-state index in [1.807, 2.05) is 6.07 Å². The van der Waals surface area contributed by atoms with Gasteiger partial charge in [0.05, 0.1) is 11.0 Å². The highest BCUT2D eigenvalue weighted by Gasteiger charge is 2.33. The van der Waals surface area contributed by atoms with E-state index in [4.69, 9.17) is 15.0 Å². The van der Waals surface area contributed by atoms with Crippen LogP contribution in [-0.4, -0.2) is 32.0 Å². The Morgan fingerprint density at radius 3 is 1.71 bits per heavy atom. The minimum absolute atomic E-state index is 0.608. The second-order valence-electron chi connectivity index (χ2n) is 14.1. The Morgan fingerprint density at radius 2 is 0.942 bits per heavy atom. The van der Waals surface area contributed by atoms with Crippen LogP contribution in [0.15, 0.2) is 168 Å². The molecule has 11 rings (SSSR count). The monoisotopic (exact) mass is 684 g/mol. The van der Waals surface area contributed by atoms with Crippen molar-refractivity contribution in [1.82, 2.24) is 19.5 Å². The van der Waals surface area contributed by atoms with Crippen molar-refractivity contribution in [2.45, 2.75) is 9.79 Å². The number of nitrogens with zero attached hydrogens (tertiary/aromatic N) is 4. The number of para-hydroxylation sites is 1. The molecule has 2 aromatic heterocycles. The molecule has 7 aromatic carbocycles. The molecule has 0 atom stereocenters. The Kier molecular flexibility index (Phi) is 6.14. The highest BCUT2D eigenvalue weighted by Crippen LogP contribution is 2.68. The highest BCUT2D eigenvalue weighted by molar-refractivity contribution is 8.33. The molecule has 246 valence electrons. The normalized spacial score (nSPS) is 14.0. The zero-order valence-corrected chi connectivity index (χ0v) is 29.5. The first-order valence-corrected chi connectivity index (χ1v) is 20.0. The van der Waals surface area contributed by atoms with Gasteiger partial charge in [-0.1, -0.05) is 115 Å². The molecule has 0 amide bonds. The molecule has 0 aliphatic carbocycles. The molecule has 0 unspecified atom stereocenters. The van der Waals surface area contributed by atoms with E-state index >= 15 is 0 Å². The van der Waals surface area contributed by atoms with Crippen molar-refractivity contribution in [2.75, 3.05) is 12.5 Å². The van der Waals surface area contributed by atoms with Crippen LogP contribution in [0.5, 0.6) is 0 Å². The SMILES string of the molecule is CS1(C)c2ccc3cc2-c2cc4c(cc21)c1ccccc1n4-c1nc(-c2ccc(-c4ccccc4)cc2)nc(n1)-c1cccc(c1)-c1cccc-3c1. The van der Waals surface area contributed by atoms with Gasteiger partial charge in [-0.05, 0) is 99.5 Å². The number of hydrogen-bond donors (Lipinski definition) is 0. The summed E-state index contributed by atoms with van der Waals surface area (Å²) in [5.74, 6) is 1.89. The number of aromatic nitrogens is 4. The van der Waals surface area contributed by atoms with E-state index in [0.717, 1.165) is 38.9 Å². The summed E-state index contributed by atoms with van der Waals surface area (Å²) in [4.78, 5) is 18.6. The van der Waals surface area contributed by atoms with Crippen molar-refractivity contribution in [3.05, 3.63) is 158 Å². The lowest BCUT2D eigenvalue weighted by molar-refractivity contribution is 0.953. The maximum atomic E-state index is 5.29. The minimum Gasteiger partial charge on any atom is -0.278 e. The zero-order valence-electron chi connectivity index (χ0n) is 28.7. The predicted octanol–water partition coefficient (Wildman–Crippen LogP) is 12.1. The quantitative estimate of drug-likeness (QED) is 0.182. The van der Waals surface area contributed by atoms with E-state index in [1.165, 1.54) is 48.4 Å². The van der Waals surface area contributed by atoms with Crippen LogP contribution < -0.4 is 0 Å². The van der Waals surface area contributed by atoms with Gasteiger partial charge in [0.2, 0.25) is 5.95 Å². The molecule has 0 saturated carbocycles. The molecule has 9 aromatic rings. The largest absolute Gasteiger partial charge is 0.278 e. The molecule has 4 nitrogen and oxygen atoms in total. The van der Waals surface area contributed by atoms with Gasteiger partial charge in [0.25, 0.3) is 0 Å². The number of hydrogen-bond acceptors (Lipinski definition) is 3. The summed E-state index contributed by atoms with van der Waals surface area (Å²) in [6.45, 7) is 0. The lowest BCUT2D eigenvalue weighted by Gasteiger charge is -2.28. The van der Waals surface area contributed by atoms with Gasteiger partial charge in [-0.15, -0.1) is 0 Å². The molecule has 0 spiro atoms. The van der Waals surface area contributed by atoms with Gasteiger partial charge < -0.3 is 0 Å². The summed E-state index contributed by atoms with van der Waals surface area (Å²) in [6.07, 6.45) is 4.87. The number of rotatable bonds is 2. The lowest BCUT2D eigenvalue weighted by atomic mass is 9.95. The Hall–Kier alpha value is -6.30. The van der Waals surface area contributed by atoms with Crippen molar-refractivity contribution in [1.29, 1.82) is 0 Å². The summed E-state index contributed by atoms with van der Waals surface area (Å²) in [5.41, 5.74) is 13.7. The molecule has 0 saturated heterocycles. The first-order chi connectivity index (χ1) is 25.5. The van der Waals surface area contributed by atoms with Crippen LogP contribution >= 0.6 is 10.0 Å². The second kappa shape index (κ2) is 10.8. The summed E-state index contributed by atoms with van der Waals surface area (Å²) in [7, 11) is -1.24. The van der Waals surface area contributed by atoms with Crippen LogP contribution in [0.25, 0.3) is 95.0 Å². The van der Waals surface area contributed by atoms with Gasteiger partial charge in [-0.3, -0.25) is 4.57 Å². The molecule has 0 N–H and O–H groups in total. The average molecular weight is 685 g/mol. The third-order valence-electron chi connectivity index (χ3n) is 10.9. The molecular formula is C47H32N4S. The van der Waals surface area contributed by atoms with Crippen molar-refractivity contribution < 1.29 is 0 Å². The molecular weight excluding hydrogens is 653 g/mol. The van der Waals surface area contributed by atoms with E-state index in [2.05, 4.69) is 169 Å². The van der Waals surface area contributed by atoms with Gasteiger partial charge in [0, 0.05) is 31.7 Å². The average Bonchev–Trinajstić information content (AvgIpc) is 3.64. The Labute approximate surface area is 303 Å². The predicted molar refractivity (Wildman–Crippen MR) is 216 cm³/mol. The van der Waals surface area contributed by atoms with Gasteiger partial charge in [-0.2, -0.15) is 20.0 Å². The number of fused-ring (bicyclic) bond motifs is 14. The van der Waals surface area contributed by atoms with Gasteiger partial charge in [-0.25, -0.2) is 4.98 Å². The van der Waals surface area contributed by atoms with Crippen molar-refractivity contribution in [3.63, 3.8) is 0 Å². The third-order valence-corrected chi connectivity index (χ3v) is 13.8. The van der Waals surface area contributed by atoms with Gasteiger partial charge in [0.15, 0.2) is 11.6 Å². The number of benzene rings is 7. The fourth-order valence-electron chi connectivity index (χ4n) is 8.21. The molecule has 10 bridgehead atoms. The summed E-state index contributed by atoms with van der Waals surface area (Å²) < 4.78 is 2.25. The topological polar surface area (TPSA) is 43.6 Å². The molecule has 2 aliphatic heterocycles. The highest BCUT2D eigenvalue weighted by atomic mass is 32.3. The van der Waals surface area contributed by atoms with Gasteiger partial charge >= 0.3 is 0 Å². The van der Waals surface area contributed by atoms with Crippen molar-refractivity contribution in [3.8, 4) is 73.2 Å². The fraction of sp³-hybridized carbons (Fsp3) is 0.0426. The van der Waals surface area contributed by atoms with Crippen LogP contribution in [-0.2, 0) is 0 Å². The van der Waals surface area contributed by atoms with E-state index in [-0.39, 0.29) is 0 Å². The molecule has 0 fully saturated rings. The molecule has 52 heavy (non-hydrogen) atoms. The Morgan fingerprint density at radius 1 is 0.385 bits per heavy atom. The molecule has 4 heterocycles.